The molecule has 0 aliphatic heterocycles. The fourth-order valence-corrected chi connectivity index (χ4v) is 3.63. The van der Waals surface area contributed by atoms with Gasteiger partial charge >= 0.3 is 0 Å². The van der Waals surface area contributed by atoms with E-state index in [0.29, 0.717) is 17.9 Å². The highest BCUT2D eigenvalue weighted by Gasteiger charge is 2.19. The molecule has 5 nitrogen and oxygen atoms in total. The van der Waals surface area contributed by atoms with Gasteiger partial charge in [-0.25, -0.2) is 4.98 Å². The van der Waals surface area contributed by atoms with E-state index in [9.17, 15) is 5.26 Å². The highest BCUT2D eigenvalue weighted by atomic mass is 15.1. The Kier molecular flexibility index (Phi) is 5.17. The van der Waals surface area contributed by atoms with Gasteiger partial charge in [-0.15, -0.1) is 0 Å². The Bertz CT molecular complexity index is 1150. The van der Waals surface area contributed by atoms with E-state index in [-0.39, 0.29) is 5.92 Å². The Morgan fingerprint density at radius 1 is 1.07 bits per heavy atom. The predicted octanol–water partition coefficient (Wildman–Crippen LogP) is 4.74. The third-order valence-electron chi connectivity index (χ3n) is 5.21. The van der Waals surface area contributed by atoms with Gasteiger partial charge in [0.05, 0.1) is 5.56 Å². The summed E-state index contributed by atoms with van der Waals surface area (Å²) in [4.78, 5) is 9.83. The Labute approximate surface area is 170 Å². The number of H-pyrrole nitrogens is 1. The van der Waals surface area contributed by atoms with Gasteiger partial charge in [0.2, 0.25) is 0 Å². The summed E-state index contributed by atoms with van der Waals surface area (Å²) in [7, 11) is 4.08. The molecule has 2 N–H and O–H groups in total. The largest absolute Gasteiger partial charge is 0.378 e. The molecule has 0 amide bonds. The fourth-order valence-electron chi connectivity index (χ4n) is 3.63. The molecule has 0 saturated carbocycles. The first-order valence-corrected chi connectivity index (χ1v) is 9.59. The lowest BCUT2D eigenvalue weighted by Gasteiger charge is -2.20. The van der Waals surface area contributed by atoms with Crippen LogP contribution in [0.3, 0.4) is 0 Å². The van der Waals surface area contributed by atoms with Crippen LogP contribution < -0.4 is 10.2 Å². The number of fused-ring (bicyclic) bond motifs is 1. The van der Waals surface area contributed by atoms with E-state index < -0.39 is 0 Å². The first kappa shape index (κ1) is 18.6. The summed E-state index contributed by atoms with van der Waals surface area (Å²) in [6.07, 6.45) is 3.79. The summed E-state index contributed by atoms with van der Waals surface area (Å²) in [5, 5.41) is 14.0. The maximum absolute atomic E-state index is 9.37. The molecule has 1 atom stereocenters. The smallest absolute Gasteiger partial charge is 0.143 e. The average molecular weight is 381 g/mol. The van der Waals surface area contributed by atoms with Gasteiger partial charge in [0.15, 0.2) is 0 Å². The monoisotopic (exact) mass is 381 g/mol. The van der Waals surface area contributed by atoms with Crippen LogP contribution in [0.1, 0.15) is 22.6 Å². The number of aromatic nitrogens is 2. The van der Waals surface area contributed by atoms with Crippen LogP contribution in [0, 0.1) is 11.3 Å². The first-order chi connectivity index (χ1) is 14.2. The molecular formula is C24H23N5. The minimum absolute atomic E-state index is 0.107. The van der Waals surface area contributed by atoms with Gasteiger partial charge in [0.25, 0.3) is 0 Å². The van der Waals surface area contributed by atoms with Crippen LogP contribution in [-0.2, 0) is 0 Å². The zero-order valence-corrected chi connectivity index (χ0v) is 16.6. The van der Waals surface area contributed by atoms with Gasteiger partial charge in [-0.3, -0.25) is 0 Å². The number of hydrogen-bond donors (Lipinski definition) is 2. The standard InChI is InChI=1S/C24H23N5/c1-29(2)19-11-9-17(10-12-19)21(15-28-24-18(14-25)6-5-13-26-24)22-16-27-23-8-4-3-7-20(22)23/h3-13,16,21,27H,15H2,1-2H3,(H,26,28)/t21-/m0/s1. The highest BCUT2D eigenvalue weighted by Crippen LogP contribution is 2.32. The maximum atomic E-state index is 9.37. The Balaban J connectivity index is 1.72. The second kappa shape index (κ2) is 8.07. The maximum Gasteiger partial charge on any atom is 0.143 e. The molecule has 29 heavy (non-hydrogen) atoms. The number of nitrogens with one attached hydrogen (secondary N) is 2. The SMILES string of the molecule is CN(C)c1ccc([C@H](CNc2ncccc2C#N)c2c[nH]c3ccccc23)cc1. The molecule has 4 aromatic rings. The van der Waals surface area contributed by atoms with Crippen molar-refractivity contribution in [2.24, 2.45) is 0 Å². The number of aromatic amines is 1. The third kappa shape index (κ3) is 3.78. The molecule has 0 radical (unpaired) electrons. The molecule has 0 bridgehead atoms. The molecule has 5 heteroatoms. The molecule has 0 unspecified atom stereocenters. The first-order valence-electron chi connectivity index (χ1n) is 9.59. The quantitative estimate of drug-likeness (QED) is 0.506. The molecule has 2 heterocycles. The molecule has 0 aliphatic rings. The fraction of sp³-hybridized carbons (Fsp3) is 0.167. The second-order valence-electron chi connectivity index (χ2n) is 7.22. The molecular weight excluding hydrogens is 358 g/mol. The lowest BCUT2D eigenvalue weighted by atomic mass is 9.90. The van der Waals surface area contributed by atoms with Gasteiger partial charge in [-0.2, -0.15) is 5.26 Å². The average Bonchev–Trinajstić information content (AvgIpc) is 3.18. The van der Waals surface area contributed by atoms with Crippen molar-refractivity contribution >= 4 is 22.4 Å². The van der Waals surface area contributed by atoms with Gasteiger partial charge < -0.3 is 15.2 Å². The lowest BCUT2D eigenvalue weighted by Crippen LogP contribution is -2.16. The van der Waals surface area contributed by atoms with Gasteiger partial charge in [0, 0.05) is 55.5 Å². The zero-order chi connectivity index (χ0) is 20.2. The van der Waals surface area contributed by atoms with Crippen molar-refractivity contribution in [1.29, 1.82) is 5.26 Å². The minimum Gasteiger partial charge on any atom is -0.378 e. The Morgan fingerprint density at radius 2 is 1.86 bits per heavy atom. The van der Waals surface area contributed by atoms with Crippen LogP contribution >= 0.6 is 0 Å². The molecule has 0 saturated heterocycles. The minimum atomic E-state index is 0.107. The number of anilines is 2. The summed E-state index contributed by atoms with van der Waals surface area (Å²) in [5.74, 6) is 0.723. The van der Waals surface area contributed by atoms with Crippen LogP contribution in [0.15, 0.2) is 73.1 Å². The number of nitriles is 1. The molecule has 0 spiro atoms. The summed E-state index contributed by atoms with van der Waals surface area (Å²) in [6.45, 7) is 0.634. The number of rotatable bonds is 6. The third-order valence-corrected chi connectivity index (χ3v) is 5.21. The van der Waals surface area contributed by atoms with E-state index in [1.54, 1.807) is 18.3 Å². The van der Waals surface area contributed by atoms with Crippen molar-refractivity contribution in [3.05, 3.63) is 89.7 Å². The Morgan fingerprint density at radius 3 is 2.62 bits per heavy atom. The topological polar surface area (TPSA) is 67.7 Å². The van der Waals surface area contributed by atoms with E-state index in [4.69, 9.17) is 0 Å². The lowest BCUT2D eigenvalue weighted by molar-refractivity contribution is 0.854. The van der Waals surface area contributed by atoms with Gasteiger partial charge in [-0.1, -0.05) is 30.3 Å². The molecule has 144 valence electrons. The van der Waals surface area contributed by atoms with Crippen molar-refractivity contribution in [1.82, 2.24) is 9.97 Å². The number of nitrogens with zero attached hydrogens (tertiary/aromatic N) is 3. The Hall–Kier alpha value is -3.78. The van der Waals surface area contributed by atoms with E-state index in [1.165, 1.54) is 16.5 Å². The molecule has 0 fully saturated rings. The van der Waals surface area contributed by atoms with E-state index in [0.717, 1.165) is 11.2 Å². The zero-order valence-electron chi connectivity index (χ0n) is 16.6. The van der Waals surface area contributed by atoms with Crippen LogP contribution in [0.25, 0.3) is 10.9 Å². The molecule has 2 aromatic heterocycles. The van der Waals surface area contributed by atoms with Crippen molar-refractivity contribution < 1.29 is 0 Å². The summed E-state index contributed by atoms with van der Waals surface area (Å²) < 4.78 is 0. The highest BCUT2D eigenvalue weighted by molar-refractivity contribution is 5.84. The second-order valence-corrected chi connectivity index (χ2v) is 7.22. The van der Waals surface area contributed by atoms with Crippen LogP contribution in [0.4, 0.5) is 11.5 Å². The number of pyridine rings is 1. The van der Waals surface area contributed by atoms with Crippen molar-refractivity contribution in [2.75, 3.05) is 30.9 Å². The normalized spacial score (nSPS) is 11.8. The molecule has 0 aliphatic carbocycles. The number of benzene rings is 2. The van der Waals surface area contributed by atoms with E-state index >= 15 is 0 Å². The van der Waals surface area contributed by atoms with E-state index in [1.807, 2.05) is 20.2 Å². The van der Waals surface area contributed by atoms with Gasteiger partial charge in [0.1, 0.15) is 11.9 Å². The van der Waals surface area contributed by atoms with Crippen molar-refractivity contribution in [3.8, 4) is 6.07 Å². The van der Waals surface area contributed by atoms with Crippen molar-refractivity contribution in [3.63, 3.8) is 0 Å². The summed E-state index contributed by atoms with van der Waals surface area (Å²) in [6, 6.07) is 22.7. The van der Waals surface area contributed by atoms with E-state index in [2.05, 4.69) is 74.9 Å². The summed E-state index contributed by atoms with van der Waals surface area (Å²) >= 11 is 0. The van der Waals surface area contributed by atoms with Crippen LogP contribution in [0.5, 0.6) is 0 Å². The summed E-state index contributed by atoms with van der Waals surface area (Å²) in [5.41, 5.74) is 5.26. The van der Waals surface area contributed by atoms with Crippen LogP contribution in [-0.4, -0.2) is 30.6 Å². The molecule has 4 rings (SSSR count). The molecule has 2 aromatic carbocycles. The van der Waals surface area contributed by atoms with Gasteiger partial charge in [-0.05, 0) is 41.5 Å². The van der Waals surface area contributed by atoms with Crippen molar-refractivity contribution in [2.45, 2.75) is 5.92 Å². The number of hydrogen-bond acceptors (Lipinski definition) is 4. The predicted molar refractivity (Wildman–Crippen MR) is 118 cm³/mol. The van der Waals surface area contributed by atoms with Crippen LogP contribution in [0.2, 0.25) is 0 Å². The number of para-hydroxylation sites is 1.